The minimum atomic E-state index is -0.740. The molecule has 2 atom stereocenters. The molecular weight excluding hydrogens is 693 g/mol. The van der Waals surface area contributed by atoms with Gasteiger partial charge in [-0.25, -0.2) is 4.68 Å². The lowest BCUT2D eigenvalue weighted by atomic mass is 9.93. The van der Waals surface area contributed by atoms with Crippen LogP contribution in [-0.4, -0.2) is 92.0 Å². The molecule has 0 aliphatic carbocycles. The molecule has 4 aromatic rings. The number of hydrogen-bond donors (Lipinski definition) is 2. The van der Waals surface area contributed by atoms with E-state index in [0.717, 1.165) is 55.2 Å². The van der Waals surface area contributed by atoms with Gasteiger partial charge in [-0.2, -0.15) is 5.10 Å². The Kier molecular flexibility index (Phi) is 13.2. The molecule has 0 bridgehead atoms. The second-order valence-corrected chi connectivity index (χ2v) is 14.8. The van der Waals surface area contributed by atoms with E-state index < -0.39 is 12.0 Å². The van der Waals surface area contributed by atoms with Gasteiger partial charge in [0.15, 0.2) is 5.69 Å². The average Bonchev–Trinajstić information content (AvgIpc) is 3.90. The van der Waals surface area contributed by atoms with Crippen molar-refractivity contribution in [2.24, 2.45) is 0 Å². The van der Waals surface area contributed by atoms with E-state index in [1.54, 1.807) is 33.8 Å². The summed E-state index contributed by atoms with van der Waals surface area (Å²) >= 11 is 0. The lowest BCUT2D eigenvalue weighted by molar-refractivity contribution is -0.132. The van der Waals surface area contributed by atoms with E-state index in [1.807, 2.05) is 71.3 Å². The SMILES string of the molecule is CCCCN(CCCC)C(=O)c1cc(C)n(-c2ccc(NC(=O)C(CC(=O)N3CCCC3)c3ccccc3)cc2C(=O)N2Cc3ccccc3C[C@H]2CO)n1. The summed E-state index contributed by atoms with van der Waals surface area (Å²) in [6, 6.07) is 23.6. The maximum Gasteiger partial charge on any atom is 0.274 e. The van der Waals surface area contributed by atoms with E-state index in [1.165, 1.54) is 0 Å². The molecular formula is C44H54N6O5. The Morgan fingerprint density at radius 3 is 2.24 bits per heavy atom. The van der Waals surface area contributed by atoms with Crippen molar-refractivity contribution in [3.05, 3.63) is 113 Å². The topological polar surface area (TPSA) is 128 Å². The molecule has 2 N–H and O–H groups in total. The highest BCUT2D eigenvalue weighted by atomic mass is 16.3. The molecule has 3 heterocycles. The first-order chi connectivity index (χ1) is 26.7. The lowest BCUT2D eigenvalue weighted by Gasteiger charge is -2.36. The molecule has 1 aromatic heterocycles. The standard InChI is InChI=1S/C44H54N6O5/c1-4-6-21-48(22-7-5-2)44(55)39-25-31(3)50(46-39)40-20-19-35(27-38(40)43(54)49-29-34-18-12-11-17-33(34)26-36(49)30-51)45-42(53)37(32-15-9-8-10-16-32)28-41(52)47-23-13-14-24-47/h8-12,15-20,25,27,36-37,51H,4-7,13-14,21-24,26,28-30H2,1-3H3,(H,45,53)/t36-,37?/m0/s1. The van der Waals surface area contributed by atoms with Gasteiger partial charge in [0.1, 0.15) is 0 Å². The number of hydrogen-bond acceptors (Lipinski definition) is 6. The summed E-state index contributed by atoms with van der Waals surface area (Å²) < 4.78 is 1.62. The molecule has 1 fully saturated rings. The molecule has 11 nitrogen and oxygen atoms in total. The number of carbonyl (C=O) groups is 4. The summed E-state index contributed by atoms with van der Waals surface area (Å²) in [6.07, 6.45) is 6.16. The molecule has 290 valence electrons. The van der Waals surface area contributed by atoms with Crippen LogP contribution in [0.25, 0.3) is 5.69 Å². The minimum Gasteiger partial charge on any atom is -0.394 e. The molecule has 1 saturated heterocycles. The zero-order valence-electron chi connectivity index (χ0n) is 32.4. The van der Waals surface area contributed by atoms with Gasteiger partial charge in [-0.15, -0.1) is 0 Å². The van der Waals surface area contributed by atoms with Crippen LogP contribution in [0.4, 0.5) is 5.69 Å². The third-order valence-electron chi connectivity index (χ3n) is 10.9. The lowest BCUT2D eigenvalue weighted by Crippen LogP contribution is -2.46. The zero-order chi connectivity index (χ0) is 38.9. The Morgan fingerprint density at radius 1 is 0.891 bits per heavy atom. The predicted molar refractivity (Wildman–Crippen MR) is 213 cm³/mol. The van der Waals surface area contributed by atoms with Crippen LogP contribution >= 0.6 is 0 Å². The van der Waals surface area contributed by atoms with Crippen molar-refractivity contribution in [3.63, 3.8) is 0 Å². The number of aliphatic hydroxyl groups excluding tert-OH is 1. The number of carbonyl (C=O) groups excluding carboxylic acids is 4. The fourth-order valence-corrected chi connectivity index (χ4v) is 7.66. The van der Waals surface area contributed by atoms with Crippen molar-refractivity contribution in [2.45, 2.75) is 90.6 Å². The normalized spacial score (nSPS) is 15.7. The third-order valence-corrected chi connectivity index (χ3v) is 10.9. The number of unbranched alkanes of at least 4 members (excludes halogenated alkanes) is 2. The quantitative estimate of drug-likeness (QED) is 0.143. The van der Waals surface area contributed by atoms with Crippen LogP contribution in [0.2, 0.25) is 0 Å². The number of rotatable bonds is 15. The minimum absolute atomic E-state index is 0.0297. The summed E-state index contributed by atoms with van der Waals surface area (Å²) in [5.41, 5.74) is 4.89. The van der Waals surface area contributed by atoms with Crippen LogP contribution in [0.1, 0.15) is 108 Å². The fourth-order valence-electron chi connectivity index (χ4n) is 7.66. The molecule has 2 aliphatic heterocycles. The van der Waals surface area contributed by atoms with Gasteiger partial charge in [-0.05, 0) is 80.0 Å². The predicted octanol–water partition coefficient (Wildman–Crippen LogP) is 6.52. The van der Waals surface area contributed by atoms with Gasteiger partial charge in [-0.3, -0.25) is 19.2 Å². The van der Waals surface area contributed by atoms with Crippen LogP contribution < -0.4 is 5.32 Å². The molecule has 3 aromatic carbocycles. The van der Waals surface area contributed by atoms with Gasteiger partial charge >= 0.3 is 0 Å². The summed E-state index contributed by atoms with van der Waals surface area (Å²) in [6.45, 7) is 8.82. The van der Waals surface area contributed by atoms with Crippen LogP contribution in [0.3, 0.4) is 0 Å². The zero-order valence-corrected chi connectivity index (χ0v) is 32.4. The smallest absolute Gasteiger partial charge is 0.274 e. The molecule has 0 spiro atoms. The number of fused-ring (bicyclic) bond motifs is 1. The Morgan fingerprint density at radius 2 is 1.56 bits per heavy atom. The van der Waals surface area contributed by atoms with Crippen molar-refractivity contribution in [3.8, 4) is 5.69 Å². The van der Waals surface area contributed by atoms with Crippen molar-refractivity contribution >= 4 is 29.3 Å². The van der Waals surface area contributed by atoms with E-state index in [-0.39, 0.29) is 42.2 Å². The number of benzene rings is 3. The fraction of sp³-hybridized carbons (Fsp3) is 0.432. The maximum atomic E-state index is 14.8. The summed E-state index contributed by atoms with van der Waals surface area (Å²) in [4.78, 5) is 61.4. The first kappa shape index (κ1) is 39.4. The number of nitrogens with zero attached hydrogens (tertiary/aromatic N) is 5. The van der Waals surface area contributed by atoms with Crippen LogP contribution in [0, 0.1) is 6.92 Å². The third kappa shape index (κ3) is 9.16. The van der Waals surface area contributed by atoms with Gasteiger partial charge in [0.25, 0.3) is 11.8 Å². The number of aliphatic hydroxyl groups is 1. The largest absolute Gasteiger partial charge is 0.394 e. The molecule has 1 unspecified atom stereocenters. The second kappa shape index (κ2) is 18.4. The number of aromatic nitrogens is 2. The van der Waals surface area contributed by atoms with Gasteiger partial charge in [0.2, 0.25) is 11.8 Å². The van der Waals surface area contributed by atoms with Gasteiger partial charge in [0.05, 0.1) is 29.8 Å². The molecule has 4 amide bonds. The maximum absolute atomic E-state index is 14.8. The molecule has 11 heteroatoms. The van der Waals surface area contributed by atoms with Crippen molar-refractivity contribution in [2.75, 3.05) is 38.1 Å². The van der Waals surface area contributed by atoms with E-state index in [4.69, 9.17) is 5.10 Å². The Bertz CT molecular complexity index is 1960. The summed E-state index contributed by atoms with van der Waals surface area (Å²) in [7, 11) is 0. The summed E-state index contributed by atoms with van der Waals surface area (Å²) in [5, 5.41) is 18.3. The Balaban J connectivity index is 1.37. The van der Waals surface area contributed by atoms with E-state index in [0.29, 0.717) is 61.9 Å². The molecule has 55 heavy (non-hydrogen) atoms. The molecule has 2 aliphatic rings. The monoisotopic (exact) mass is 746 g/mol. The number of likely N-dealkylation sites (tertiary alicyclic amines) is 1. The Labute approximate surface area is 324 Å². The summed E-state index contributed by atoms with van der Waals surface area (Å²) in [5.74, 6) is -1.64. The number of nitrogens with one attached hydrogen (secondary N) is 1. The van der Waals surface area contributed by atoms with Gasteiger partial charge in [-0.1, -0.05) is 81.3 Å². The van der Waals surface area contributed by atoms with Gasteiger partial charge < -0.3 is 25.1 Å². The van der Waals surface area contributed by atoms with E-state index in [9.17, 15) is 24.3 Å². The molecule has 0 radical (unpaired) electrons. The number of aryl methyl sites for hydroxylation is 1. The Hall–Kier alpha value is -5.29. The highest BCUT2D eigenvalue weighted by molar-refractivity contribution is 6.02. The average molecular weight is 747 g/mol. The molecule has 6 rings (SSSR count). The number of amides is 4. The van der Waals surface area contributed by atoms with Crippen LogP contribution in [0.15, 0.2) is 78.9 Å². The van der Waals surface area contributed by atoms with Crippen molar-refractivity contribution in [1.82, 2.24) is 24.5 Å². The number of anilines is 1. The van der Waals surface area contributed by atoms with Gasteiger partial charge in [0, 0.05) is 50.5 Å². The highest BCUT2D eigenvalue weighted by Gasteiger charge is 2.33. The first-order valence-electron chi connectivity index (χ1n) is 19.8. The van der Waals surface area contributed by atoms with Crippen molar-refractivity contribution < 1.29 is 24.3 Å². The van der Waals surface area contributed by atoms with Crippen LogP contribution in [0.5, 0.6) is 0 Å². The first-order valence-corrected chi connectivity index (χ1v) is 19.8. The van der Waals surface area contributed by atoms with E-state index in [2.05, 4.69) is 19.2 Å². The van der Waals surface area contributed by atoms with Crippen LogP contribution in [-0.2, 0) is 22.6 Å². The second-order valence-electron chi connectivity index (χ2n) is 14.8. The highest BCUT2D eigenvalue weighted by Crippen LogP contribution is 2.30. The van der Waals surface area contributed by atoms with E-state index >= 15 is 0 Å². The van der Waals surface area contributed by atoms with Crippen molar-refractivity contribution in [1.29, 1.82) is 0 Å². The molecule has 0 saturated carbocycles.